The number of hydrogen-bond donors (Lipinski definition) is 1. The van der Waals surface area contributed by atoms with Crippen molar-refractivity contribution >= 4 is 0 Å². The maximum Gasteiger partial charge on any atom is 0.105 e. The summed E-state index contributed by atoms with van der Waals surface area (Å²) in [4.78, 5) is 9.02. The molecule has 96 valence electrons. The number of imidazole rings is 1. The molecular weight excluding hydrogens is 214 g/mol. The van der Waals surface area contributed by atoms with Gasteiger partial charge in [0.15, 0.2) is 0 Å². The Morgan fingerprint density at radius 3 is 2.65 bits per heavy atom. The third kappa shape index (κ3) is 2.36. The SMILES string of the molecule is Cc1ncc(C(N)C2CN(C)CCN2C)n1C. The fourth-order valence-electron chi connectivity index (χ4n) is 2.46. The van der Waals surface area contributed by atoms with Gasteiger partial charge in [-0.15, -0.1) is 0 Å². The van der Waals surface area contributed by atoms with E-state index in [9.17, 15) is 0 Å². The standard InChI is InChI=1S/C12H23N5/c1-9-14-7-10(17(9)4)12(13)11-8-15(2)5-6-16(11)3/h7,11-12H,5-6,8,13H2,1-4H3. The molecule has 2 heterocycles. The molecule has 0 bridgehead atoms. The van der Waals surface area contributed by atoms with E-state index in [1.54, 1.807) is 0 Å². The molecule has 0 amide bonds. The van der Waals surface area contributed by atoms with Gasteiger partial charge in [0.2, 0.25) is 0 Å². The molecule has 0 saturated carbocycles. The number of hydrogen-bond acceptors (Lipinski definition) is 4. The maximum atomic E-state index is 6.41. The zero-order valence-corrected chi connectivity index (χ0v) is 11.2. The summed E-state index contributed by atoms with van der Waals surface area (Å²) >= 11 is 0. The van der Waals surface area contributed by atoms with Gasteiger partial charge in [-0.1, -0.05) is 0 Å². The number of aryl methyl sites for hydroxylation is 1. The zero-order valence-electron chi connectivity index (χ0n) is 11.2. The number of nitrogens with zero attached hydrogens (tertiary/aromatic N) is 4. The molecule has 2 rings (SSSR count). The fourth-order valence-corrected chi connectivity index (χ4v) is 2.46. The molecule has 2 unspecified atom stereocenters. The summed E-state index contributed by atoms with van der Waals surface area (Å²) in [5.41, 5.74) is 7.53. The van der Waals surface area contributed by atoms with Gasteiger partial charge >= 0.3 is 0 Å². The van der Waals surface area contributed by atoms with E-state index in [4.69, 9.17) is 5.73 Å². The predicted octanol–water partition coefficient (Wildman–Crippen LogP) is -0.0259. The van der Waals surface area contributed by atoms with Crippen molar-refractivity contribution in [3.63, 3.8) is 0 Å². The van der Waals surface area contributed by atoms with Crippen LogP contribution in [0.25, 0.3) is 0 Å². The van der Waals surface area contributed by atoms with Gasteiger partial charge in [-0.05, 0) is 21.0 Å². The van der Waals surface area contributed by atoms with Gasteiger partial charge in [0.25, 0.3) is 0 Å². The van der Waals surface area contributed by atoms with Crippen molar-refractivity contribution in [2.24, 2.45) is 12.8 Å². The van der Waals surface area contributed by atoms with E-state index < -0.39 is 0 Å². The van der Waals surface area contributed by atoms with E-state index in [1.165, 1.54) is 0 Å². The van der Waals surface area contributed by atoms with Crippen LogP contribution >= 0.6 is 0 Å². The topological polar surface area (TPSA) is 50.3 Å². The van der Waals surface area contributed by atoms with E-state index in [2.05, 4.69) is 33.4 Å². The first kappa shape index (κ1) is 12.5. The number of rotatable bonds is 2. The summed E-state index contributed by atoms with van der Waals surface area (Å²) in [5.74, 6) is 1.02. The molecule has 2 N–H and O–H groups in total. The molecule has 1 aliphatic heterocycles. The Bertz CT molecular complexity index is 386. The van der Waals surface area contributed by atoms with Crippen molar-refractivity contribution in [3.8, 4) is 0 Å². The highest BCUT2D eigenvalue weighted by Gasteiger charge is 2.30. The maximum absolute atomic E-state index is 6.41. The normalized spacial score (nSPS) is 25.1. The van der Waals surface area contributed by atoms with E-state index in [1.807, 2.05) is 20.2 Å². The Labute approximate surface area is 103 Å². The summed E-state index contributed by atoms with van der Waals surface area (Å²) in [5, 5.41) is 0. The lowest BCUT2D eigenvalue weighted by molar-refractivity contribution is 0.0958. The van der Waals surface area contributed by atoms with Crippen LogP contribution in [0.1, 0.15) is 17.6 Å². The number of nitrogens with two attached hydrogens (primary N) is 1. The zero-order chi connectivity index (χ0) is 12.6. The molecule has 5 heteroatoms. The van der Waals surface area contributed by atoms with Crippen LogP contribution in [0.15, 0.2) is 6.20 Å². The van der Waals surface area contributed by atoms with Crippen LogP contribution in [0.5, 0.6) is 0 Å². The van der Waals surface area contributed by atoms with Gasteiger partial charge in [0.05, 0.1) is 17.9 Å². The largest absolute Gasteiger partial charge is 0.334 e. The average molecular weight is 237 g/mol. The molecule has 5 nitrogen and oxygen atoms in total. The summed E-state index contributed by atoms with van der Waals surface area (Å²) in [7, 11) is 6.34. The molecule has 0 radical (unpaired) electrons. The van der Waals surface area contributed by atoms with Crippen LogP contribution < -0.4 is 5.73 Å². The van der Waals surface area contributed by atoms with Gasteiger partial charge in [0, 0.05) is 32.7 Å². The fraction of sp³-hybridized carbons (Fsp3) is 0.750. The Balaban J connectivity index is 2.18. The smallest absolute Gasteiger partial charge is 0.105 e. The predicted molar refractivity (Wildman–Crippen MR) is 68.8 cm³/mol. The lowest BCUT2D eigenvalue weighted by Gasteiger charge is -2.40. The van der Waals surface area contributed by atoms with E-state index in [0.29, 0.717) is 6.04 Å². The summed E-state index contributed by atoms with van der Waals surface area (Å²) in [6.45, 7) is 5.21. The van der Waals surface area contributed by atoms with Crippen molar-refractivity contribution in [1.29, 1.82) is 0 Å². The van der Waals surface area contributed by atoms with Gasteiger partial charge in [-0.2, -0.15) is 0 Å². The Morgan fingerprint density at radius 1 is 1.35 bits per heavy atom. The second kappa shape index (κ2) is 4.76. The molecular formula is C12H23N5. The summed E-state index contributed by atoms with van der Waals surface area (Å²) in [6, 6.07) is 0.387. The van der Waals surface area contributed by atoms with Gasteiger partial charge in [-0.25, -0.2) is 4.98 Å². The average Bonchev–Trinajstić information content (AvgIpc) is 2.62. The minimum atomic E-state index is 0.0222. The third-order valence-electron chi connectivity index (χ3n) is 3.91. The molecule has 1 fully saturated rings. The molecule has 0 aliphatic carbocycles. The number of piperazine rings is 1. The highest BCUT2D eigenvalue weighted by atomic mass is 15.3. The first-order valence-corrected chi connectivity index (χ1v) is 6.13. The first-order chi connectivity index (χ1) is 8.00. The second-order valence-electron chi connectivity index (χ2n) is 5.13. The molecule has 0 spiro atoms. The number of aromatic nitrogens is 2. The van der Waals surface area contributed by atoms with Crippen LogP contribution in [0, 0.1) is 6.92 Å². The Kier molecular flexibility index (Phi) is 3.51. The van der Waals surface area contributed by atoms with E-state index in [-0.39, 0.29) is 6.04 Å². The van der Waals surface area contributed by atoms with Crippen LogP contribution in [-0.2, 0) is 7.05 Å². The van der Waals surface area contributed by atoms with Crippen molar-refractivity contribution in [2.75, 3.05) is 33.7 Å². The quantitative estimate of drug-likeness (QED) is 0.785. The van der Waals surface area contributed by atoms with Crippen molar-refractivity contribution in [3.05, 3.63) is 17.7 Å². The number of likely N-dealkylation sites (N-methyl/N-ethyl adjacent to an activating group) is 2. The molecule has 1 aromatic rings. The van der Waals surface area contributed by atoms with Gasteiger partial charge in [-0.3, -0.25) is 4.90 Å². The molecule has 0 aromatic carbocycles. The van der Waals surface area contributed by atoms with Gasteiger partial charge < -0.3 is 15.2 Å². The highest BCUT2D eigenvalue weighted by molar-refractivity contribution is 5.12. The highest BCUT2D eigenvalue weighted by Crippen LogP contribution is 2.21. The summed E-state index contributed by atoms with van der Waals surface area (Å²) in [6.07, 6.45) is 1.91. The van der Waals surface area contributed by atoms with Crippen molar-refractivity contribution in [1.82, 2.24) is 19.4 Å². The Hall–Kier alpha value is -0.910. The lowest BCUT2D eigenvalue weighted by Crippen LogP contribution is -2.54. The second-order valence-corrected chi connectivity index (χ2v) is 5.13. The van der Waals surface area contributed by atoms with Crippen molar-refractivity contribution in [2.45, 2.75) is 19.0 Å². The van der Waals surface area contributed by atoms with Crippen LogP contribution in [0.2, 0.25) is 0 Å². The van der Waals surface area contributed by atoms with Crippen LogP contribution in [0.4, 0.5) is 0 Å². The minimum Gasteiger partial charge on any atom is -0.334 e. The van der Waals surface area contributed by atoms with Gasteiger partial charge in [0.1, 0.15) is 5.82 Å². The lowest BCUT2D eigenvalue weighted by atomic mass is 10.0. The van der Waals surface area contributed by atoms with Crippen LogP contribution in [-0.4, -0.2) is 59.1 Å². The molecule has 1 saturated heterocycles. The van der Waals surface area contributed by atoms with E-state index in [0.717, 1.165) is 31.2 Å². The van der Waals surface area contributed by atoms with Crippen molar-refractivity contribution < 1.29 is 0 Å². The monoisotopic (exact) mass is 237 g/mol. The van der Waals surface area contributed by atoms with E-state index >= 15 is 0 Å². The molecule has 17 heavy (non-hydrogen) atoms. The minimum absolute atomic E-state index is 0.0222. The first-order valence-electron chi connectivity index (χ1n) is 6.13. The summed E-state index contributed by atoms with van der Waals surface area (Å²) < 4.78 is 2.09. The molecule has 1 aromatic heterocycles. The molecule has 1 aliphatic rings. The van der Waals surface area contributed by atoms with Crippen LogP contribution in [0.3, 0.4) is 0 Å². The third-order valence-corrected chi connectivity index (χ3v) is 3.91. The molecule has 2 atom stereocenters. The Morgan fingerprint density at radius 2 is 2.06 bits per heavy atom.